The molecule has 0 spiro atoms. The molecule has 3 rings (SSSR count). The van der Waals surface area contributed by atoms with E-state index in [-0.39, 0.29) is 11.9 Å². The van der Waals surface area contributed by atoms with Gasteiger partial charge in [-0.05, 0) is 31.5 Å². The number of para-hydroxylation sites is 1. The lowest BCUT2D eigenvalue weighted by molar-refractivity contribution is 0.0698. The Morgan fingerprint density at radius 1 is 1.35 bits per heavy atom. The quantitative estimate of drug-likeness (QED) is 0.884. The van der Waals surface area contributed by atoms with Crippen LogP contribution in [0, 0.1) is 0 Å². The Hall–Kier alpha value is -1.75. The molecule has 1 N–H and O–H groups in total. The van der Waals surface area contributed by atoms with Gasteiger partial charge in [0.15, 0.2) is 11.5 Å². The zero-order valence-corrected chi connectivity index (χ0v) is 11.7. The molecular weight excluding hydrogens is 256 g/mol. The van der Waals surface area contributed by atoms with Crippen LogP contribution in [-0.2, 0) is 0 Å². The van der Waals surface area contributed by atoms with Crippen LogP contribution in [0.5, 0.6) is 11.5 Å². The maximum atomic E-state index is 12.7. The molecular formula is C15H20N2O3. The van der Waals surface area contributed by atoms with E-state index in [1.807, 2.05) is 30.1 Å². The van der Waals surface area contributed by atoms with E-state index in [9.17, 15) is 4.79 Å². The summed E-state index contributed by atoms with van der Waals surface area (Å²) in [5.41, 5.74) is 0.593. The Morgan fingerprint density at radius 2 is 2.20 bits per heavy atom. The van der Waals surface area contributed by atoms with Crippen molar-refractivity contribution in [2.24, 2.45) is 0 Å². The molecule has 0 aromatic heterocycles. The zero-order chi connectivity index (χ0) is 13.9. The Balaban J connectivity index is 1.83. The molecule has 2 heterocycles. The van der Waals surface area contributed by atoms with E-state index in [2.05, 4.69) is 5.32 Å². The van der Waals surface area contributed by atoms with Crippen molar-refractivity contribution in [3.63, 3.8) is 0 Å². The summed E-state index contributed by atoms with van der Waals surface area (Å²) in [4.78, 5) is 14.5. The van der Waals surface area contributed by atoms with E-state index in [1.54, 1.807) is 0 Å². The minimum absolute atomic E-state index is 0.000972. The van der Waals surface area contributed by atoms with Gasteiger partial charge in [0.25, 0.3) is 5.91 Å². The van der Waals surface area contributed by atoms with Gasteiger partial charge in [-0.25, -0.2) is 0 Å². The summed E-state index contributed by atoms with van der Waals surface area (Å²) in [5, 5.41) is 3.33. The van der Waals surface area contributed by atoms with Crippen LogP contribution < -0.4 is 14.8 Å². The summed E-state index contributed by atoms with van der Waals surface area (Å²) in [7, 11) is 1.86. The molecule has 0 radical (unpaired) electrons. The molecule has 2 aliphatic heterocycles. The normalized spacial score (nSPS) is 21.4. The first-order valence-corrected chi connectivity index (χ1v) is 7.14. The van der Waals surface area contributed by atoms with Crippen molar-refractivity contribution in [2.75, 3.05) is 33.4 Å². The van der Waals surface area contributed by atoms with Gasteiger partial charge in [0, 0.05) is 19.6 Å². The van der Waals surface area contributed by atoms with Crippen LogP contribution >= 0.6 is 0 Å². The fourth-order valence-corrected chi connectivity index (χ4v) is 2.76. The number of fused-ring (bicyclic) bond motifs is 1. The van der Waals surface area contributed by atoms with Gasteiger partial charge in [-0.2, -0.15) is 0 Å². The van der Waals surface area contributed by atoms with Crippen LogP contribution in [0.15, 0.2) is 18.2 Å². The number of nitrogens with zero attached hydrogens (tertiary/aromatic N) is 1. The van der Waals surface area contributed by atoms with Gasteiger partial charge in [0.1, 0.15) is 13.2 Å². The SMILES string of the molecule is CN(C(=O)c1cccc2c1OCCO2)[C@H]1CCCNC1. The average molecular weight is 276 g/mol. The van der Waals surface area contributed by atoms with Crippen molar-refractivity contribution in [3.8, 4) is 11.5 Å². The predicted molar refractivity (Wildman–Crippen MR) is 75.4 cm³/mol. The summed E-state index contributed by atoms with van der Waals surface area (Å²) in [6, 6.07) is 5.74. The molecule has 1 aromatic rings. The van der Waals surface area contributed by atoms with Gasteiger partial charge in [-0.1, -0.05) is 6.07 Å². The highest BCUT2D eigenvalue weighted by Gasteiger charge is 2.27. The molecule has 5 heteroatoms. The lowest BCUT2D eigenvalue weighted by Crippen LogP contribution is -2.46. The van der Waals surface area contributed by atoms with E-state index in [1.165, 1.54) is 0 Å². The number of amides is 1. The van der Waals surface area contributed by atoms with Crippen molar-refractivity contribution >= 4 is 5.91 Å². The molecule has 1 fully saturated rings. The van der Waals surface area contributed by atoms with Crippen molar-refractivity contribution < 1.29 is 14.3 Å². The van der Waals surface area contributed by atoms with Crippen LogP contribution in [0.4, 0.5) is 0 Å². The molecule has 108 valence electrons. The molecule has 2 aliphatic rings. The molecule has 1 atom stereocenters. The molecule has 5 nitrogen and oxygen atoms in total. The van der Waals surface area contributed by atoms with Gasteiger partial charge in [-0.3, -0.25) is 4.79 Å². The Kier molecular flexibility index (Phi) is 3.78. The number of rotatable bonds is 2. The molecule has 0 aliphatic carbocycles. The molecule has 20 heavy (non-hydrogen) atoms. The van der Waals surface area contributed by atoms with Gasteiger partial charge in [0.05, 0.1) is 5.56 Å². The summed E-state index contributed by atoms with van der Waals surface area (Å²) >= 11 is 0. The molecule has 0 bridgehead atoms. The van der Waals surface area contributed by atoms with Crippen molar-refractivity contribution in [1.29, 1.82) is 0 Å². The Morgan fingerprint density at radius 3 is 3.00 bits per heavy atom. The third-order valence-corrected chi connectivity index (χ3v) is 3.94. The Bertz CT molecular complexity index is 498. The zero-order valence-electron chi connectivity index (χ0n) is 11.7. The van der Waals surface area contributed by atoms with Gasteiger partial charge in [0.2, 0.25) is 0 Å². The van der Waals surface area contributed by atoms with Gasteiger partial charge >= 0.3 is 0 Å². The number of likely N-dealkylation sites (N-methyl/N-ethyl adjacent to an activating group) is 1. The maximum absolute atomic E-state index is 12.7. The van der Waals surface area contributed by atoms with E-state index in [4.69, 9.17) is 9.47 Å². The van der Waals surface area contributed by atoms with Crippen LogP contribution in [0.1, 0.15) is 23.2 Å². The second kappa shape index (κ2) is 5.71. The third-order valence-electron chi connectivity index (χ3n) is 3.94. The summed E-state index contributed by atoms with van der Waals surface area (Å²) in [6.45, 7) is 2.92. The summed E-state index contributed by atoms with van der Waals surface area (Å²) in [6.07, 6.45) is 2.15. The highest BCUT2D eigenvalue weighted by atomic mass is 16.6. The second-order valence-electron chi connectivity index (χ2n) is 5.25. The molecule has 1 amide bonds. The lowest BCUT2D eigenvalue weighted by atomic mass is 10.0. The first-order chi connectivity index (χ1) is 9.77. The highest BCUT2D eigenvalue weighted by Crippen LogP contribution is 2.34. The average Bonchev–Trinajstić information content (AvgIpc) is 2.54. The van der Waals surface area contributed by atoms with Gasteiger partial charge in [-0.15, -0.1) is 0 Å². The van der Waals surface area contributed by atoms with E-state index in [0.29, 0.717) is 30.3 Å². The topological polar surface area (TPSA) is 50.8 Å². The van der Waals surface area contributed by atoms with Crippen LogP contribution in [0.3, 0.4) is 0 Å². The van der Waals surface area contributed by atoms with E-state index in [0.717, 1.165) is 25.9 Å². The number of hydrogen-bond acceptors (Lipinski definition) is 4. The number of nitrogens with one attached hydrogen (secondary N) is 1. The van der Waals surface area contributed by atoms with E-state index >= 15 is 0 Å². The third kappa shape index (κ3) is 2.45. The summed E-state index contributed by atoms with van der Waals surface area (Å²) < 4.78 is 11.2. The standard InChI is InChI=1S/C15H20N2O3/c1-17(11-4-3-7-16-10-11)15(18)12-5-2-6-13-14(12)20-9-8-19-13/h2,5-6,11,16H,3-4,7-10H2,1H3/t11-/m0/s1. The van der Waals surface area contributed by atoms with Crippen LogP contribution in [0.2, 0.25) is 0 Å². The lowest BCUT2D eigenvalue weighted by Gasteiger charge is -2.32. The molecule has 1 aromatic carbocycles. The fraction of sp³-hybridized carbons (Fsp3) is 0.533. The van der Waals surface area contributed by atoms with Crippen molar-refractivity contribution in [1.82, 2.24) is 10.2 Å². The number of hydrogen-bond donors (Lipinski definition) is 1. The number of carbonyl (C=O) groups is 1. The second-order valence-corrected chi connectivity index (χ2v) is 5.25. The van der Waals surface area contributed by atoms with E-state index < -0.39 is 0 Å². The minimum Gasteiger partial charge on any atom is -0.486 e. The smallest absolute Gasteiger partial charge is 0.257 e. The molecule has 0 unspecified atom stereocenters. The summed E-state index contributed by atoms with van der Waals surface area (Å²) in [5.74, 6) is 1.25. The number of benzene rings is 1. The number of piperidine rings is 1. The molecule has 0 saturated carbocycles. The van der Waals surface area contributed by atoms with Crippen molar-refractivity contribution in [2.45, 2.75) is 18.9 Å². The predicted octanol–water partition coefficient (Wildman–Crippen LogP) is 1.28. The monoisotopic (exact) mass is 276 g/mol. The first-order valence-electron chi connectivity index (χ1n) is 7.14. The first kappa shape index (κ1) is 13.2. The Labute approximate surface area is 118 Å². The number of ether oxygens (including phenoxy) is 2. The van der Waals surface area contributed by atoms with Gasteiger partial charge < -0.3 is 19.7 Å². The highest BCUT2D eigenvalue weighted by molar-refractivity contribution is 5.98. The minimum atomic E-state index is 0.000972. The fourth-order valence-electron chi connectivity index (χ4n) is 2.76. The van der Waals surface area contributed by atoms with Crippen LogP contribution in [-0.4, -0.2) is 50.2 Å². The van der Waals surface area contributed by atoms with Crippen LogP contribution in [0.25, 0.3) is 0 Å². The number of carbonyl (C=O) groups excluding carboxylic acids is 1. The largest absolute Gasteiger partial charge is 0.486 e. The van der Waals surface area contributed by atoms with Crippen molar-refractivity contribution in [3.05, 3.63) is 23.8 Å². The maximum Gasteiger partial charge on any atom is 0.257 e. The molecule has 1 saturated heterocycles.